The van der Waals surface area contributed by atoms with E-state index in [0.717, 1.165) is 17.7 Å². The van der Waals surface area contributed by atoms with Gasteiger partial charge in [0.2, 0.25) is 11.8 Å². The third-order valence-electron chi connectivity index (χ3n) is 6.42. The molecule has 1 atom stereocenters. The summed E-state index contributed by atoms with van der Waals surface area (Å²) in [6.07, 6.45) is -4.80. The SMILES string of the molecule is Cc1ccccc1CN(C(=O)CN(c1cc(C(F)(F)F)ccc1Cl)S(=O)(=O)c1ccccc1)[C@H](C)C(=O)NC(C)(C)C. The Kier molecular flexibility index (Phi) is 10.00. The number of alkyl halides is 3. The van der Waals surface area contributed by atoms with Crippen molar-refractivity contribution in [2.75, 3.05) is 10.8 Å². The zero-order valence-corrected chi connectivity index (χ0v) is 25.4. The summed E-state index contributed by atoms with van der Waals surface area (Å²) in [5.41, 5.74) is -0.760. The van der Waals surface area contributed by atoms with Gasteiger partial charge in [0.25, 0.3) is 10.0 Å². The first kappa shape index (κ1) is 32.9. The lowest BCUT2D eigenvalue weighted by molar-refractivity contribution is -0.140. The number of hydrogen-bond acceptors (Lipinski definition) is 4. The van der Waals surface area contributed by atoms with Crippen LogP contribution in [0.25, 0.3) is 0 Å². The highest BCUT2D eigenvalue weighted by Gasteiger charge is 2.36. The largest absolute Gasteiger partial charge is 0.416 e. The molecule has 0 aliphatic heterocycles. The molecule has 7 nitrogen and oxygen atoms in total. The summed E-state index contributed by atoms with van der Waals surface area (Å²) in [5, 5.41) is 2.51. The quantitative estimate of drug-likeness (QED) is 0.308. The van der Waals surface area contributed by atoms with Crippen molar-refractivity contribution in [1.29, 1.82) is 0 Å². The zero-order valence-electron chi connectivity index (χ0n) is 23.9. The van der Waals surface area contributed by atoms with Gasteiger partial charge in [0.05, 0.1) is 21.2 Å². The maximum atomic E-state index is 14.0. The number of benzene rings is 3. The van der Waals surface area contributed by atoms with Crippen LogP contribution < -0.4 is 9.62 Å². The van der Waals surface area contributed by atoms with Crippen molar-refractivity contribution in [3.05, 3.63) is 94.5 Å². The van der Waals surface area contributed by atoms with E-state index in [1.54, 1.807) is 39.0 Å². The van der Waals surface area contributed by atoms with Crippen molar-refractivity contribution in [3.8, 4) is 0 Å². The topological polar surface area (TPSA) is 86.8 Å². The molecule has 0 bridgehead atoms. The van der Waals surface area contributed by atoms with E-state index in [9.17, 15) is 31.2 Å². The predicted octanol–water partition coefficient (Wildman–Crippen LogP) is 6.19. The van der Waals surface area contributed by atoms with Crippen molar-refractivity contribution in [3.63, 3.8) is 0 Å². The molecule has 0 aliphatic carbocycles. The van der Waals surface area contributed by atoms with Crippen molar-refractivity contribution in [2.45, 2.75) is 63.8 Å². The Morgan fingerprint density at radius 3 is 2.12 bits per heavy atom. The molecule has 0 aliphatic rings. The Labute approximate surface area is 249 Å². The zero-order chi connectivity index (χ0) is 31.5. The summed E-state index contributed by atoms with van der Waals surface area (Å²) in [4.78, 5) is 28.1. The number of hydrogen-bond donors (Lipinski definition) is 1. The molecule has 0 aromatic heterocycles. The van der Waals surface area contributed by atoms with Gasteiger partial charge in [-0.25, -0.2) is 8.42 Å². The summed E-state index contributed by atoms with van der Waals surface area (Å²) in [7, 11) is -4.59. The van der Waals surface area contributed by atoms with Gasteiger partial charge in [-0.1, -0.05) is 54.1 Å². The van der Waals surface area contributed by atoms with E-state index < -0.39 is 57.4 Å². The van der Waals surface area contributed by atoms with Gasteiger partial charge in [-0.05, 0) is 76.1 Å². The number of carbonyl (C=O) groups is 2. The van der Waals surface area contributed by atoms with Crippen LogP contribution in [-0.4, -0.2) is 43.3 Å². The Hall–Kier alpha value is -3.57. The Bertz CT molecular complexity index is 1540. The van der Waals surface area contributed by atoms with Crippen molar-refractivity contribution in [1.82, 2.24) is 10.2 Å². The fraction of sp³-hybridized carbons (Fsp3) is 0.333. The molecule has 0 unspecified atom stereocenters. The van der Waals surface area contributed by atoms with Crippen LogP contribution >= 0.6 is 11.6 Å². The minimum absolute atomic E-state index is 0.0558. The predicted molar refractivity (Wildman–Crippen MR) is 157 cm³/mol. The number of aryl methyl sites for hydroxylation is 1. The number of carbonyl (C=O) groups excluding carboxylic acids is 2. The lowest BCUT2D eigenvalue weighted by atomic mass is 10.1. The third-order valence-corrected chi connectivity index (χ3v) is 8.51. The Morgan fingerprint density at radius 2 is 1.55 bits per heavy atom. The van der Waals surface area contributed by atoms with Gasteiger partial charge in [0.15, 0.2) is 0 Å². The highest BCUT2D eigenvalue weighted by molar-refractivity contribution is 7.92. The van der Waals surface area contributed by atoms with E-state index in [4.69, 9.17) is 11.6 Å². The molecule has 2 amide bonds. The number of amides is 2. The highest BCUT2D eigenvalue weighted by atomic mass is 35.5. The van der Waals surface area contributed by atoms with Crippen molar-refractivity contribution < 1.29 is 31.2 Å². The summed E-state index contributed by atoms with van der Waals surface area (Å²) >= 11 is 6.27. The second-order valence-electron chi connectivity index (χ2n) is 10.9. The van der Waals surface area contributed by atoms with Crippen LogP contribution in [0, 0.1) is 6.92 Å². The second kappa shape index (κ2) is 12.7. The first-order valence-corrected chi connectivity index (χ1v) is 14.8. The highest BCUT2D eigenvalue weighted by Crippen LogP contribution is 2.37. The molecular formula is C30H33ClF3N3O4S. The molecule has 1 N–H and O–H groups in total. The third kappa shape index (κ3) is 8.04. The molecule has 0 fully saturated rings. The molecule has 0 heterocycles. The van der Waals surface area contributed by atoms with Gasteiger partial charge in [-0.2, -0.15) is 13.2 Å². The average molecular weight is 624 g/mol. The van der Waals surface area contributed by atoms with E-state index in [2.05, 4.69) is 5.32 Å². The van der Waals surface area contributed by atoms with E-state index in [1.165, 1.54) is 36.1 Å². The monoisotopic (exact) mass is 623 g/mol. The van der Waals surface area contributed by atoms with Crippen LogP contribution in [0.3, 0.4) is 0 Å². The van der Waals surface area contributed by atoms with Crippen LogP contribution in [0.15, 0.2) is 77.7 Å². The average Bonchev–Trinajstić information content (AvgIpc) is 2.90. The van der Waals surface area contributed by atoms with Crippen molar-refractivity contribution in [2.24, 2.45) is 0 Å². The van der Waals surface area contributed by atoms with E-state index in [1.807, 2.05) is 19.1 Å². The Balaban J connectivity index is 2.14. The number of nitrogens with one attached hydrogen (secondary N) is 1. The van der Waals surface area contributed by atoms with E-state index in [-0.39, 0.29) is 16.5 Å². The second-order valence-corrected chi connectivity index (χ2v) is 13.1. The van der Waals surface area contributed by atoms with Gasteiger partial charge in [0, 0.05) is 12.1 Å². The lowest BCUT2D eigenvalue weighted by Crippen LogP contribution is -2.54. The summed E-state index contributed by atoms with van der Waals surface area (Å²) in [6, 6.07) is 15.4. The van der Waals surface area contributed by atoms with Gasteiger partial charge in [-0.3, -0.25) is 13.9 Å². The van der Waals surface area contributed by atoms with E-state index >= 15 is 0 Å². The van der Waals surface area contributed by atoms with Crippen LogP contribution in [0.4, 0.5) is 18.9 Å². The standard InChI is InChI=1S/C30H33ClF3N3O4S/c1-20-11-9-10-12-22(20)18-36(21(2)28(39)35-29(3,4)5)27(38)19-37(42(40,41)24-13-7-6-8-14-24)26-17-23(30(32,33)34)15-16-25(26)31/h6-17,21H,18-19H2,1-5H3,(H,35,39)/t21-/m1/s1. The number of rotatable bonds is 9. The first-order valence-electron chi connectivity index (χ1n) is 13.0. The minimum atomic E-state index is -4.80. The minimum Gasteiger partial charge on any atom is -0.350 e. The molecule has 12 heteroatoms. The molecule has 3 aromatic carbocycles. The molecule has 0 saturated carbocycles. The normalized spacial score (nSPS) is 12.9. The molecule has 3 rings (SSSR count). The molecule has 0 radical (unpaired) electrons. The number of nitrogens with zero attached hydrogens (tertiary/aromatic N) is 2. The fourth-order valence-electron chi connectivity index (χ4n) is 4.14. The number of sulfonamides is 1. The smallest absolute Gasteiger partial charge is 0.350 e. The van der Waals surface area contributed by atoms with Crippen LogP contribution in [-0.2, 0) is 32.3 Å². The van der Waals surface area contributed by atoms with E-state index in [0.29, 0.717) is 15.9 Å². The Morgan fingerprint density at radius 1 is 0.952 bits per heavy atom. The molecule has 226 valence electrons. The molecule has 42 heavy (non-hydrogen) atoms. The van der Waals surface area contributed by atoms with Gasteiger partial charge in [0.1, 0.15) is 12.6 Å². The maximum absolute atomic E-state index is 14.0. The molecular weight excluding hydrogens is 591 g/mol. The van der Waals surface area contributed by atoms with Gasteiger partial charge >= 0.3 is 6.18 Å². The van der Waals surface area contributed by atoms with Crippen LogP contribution in [0.1, 0.15) is 44.4 Å². The molecule has 3 aromatic rings. The molecule has 0 spiro atoms. The maximum Gasteiger partial charge on any atom is 0.416 e. The number of halogens is 4. The summed E-state index contributed by atoms with van der Waals surface area (Å²) in [5.74, 6) is -1.30. The van der Waals surface area contributed by atoms with Gasteiger partial charge in [-0.15, -0.1) is 0 Å². The lowest BCUT2D eigenvalue weighted by Gasteiger charge is -2.34. The fourth-order valence-corrected chi connectivity index (χ4v) is 5.86. The van der Waals surface area contributed by atoms with Gasteiger partial charge < -0.3 is 10.2 Å². The summed E-state index contributed by atoms with van der Waals surface area (Å²) in [6.45, 7) is 7.67. The van der Waals surface area contributed by atoms with Crippen molar-refractivity contribution >= 4 is 39.1 Å². The number of anilines is 1. The first-order chi connectivity index (χ1) is 19.4. The van der Waals surface area contributed by atoms with Crippen LogP contribution in [0.5, 0.6) is 0 Å². The summed E-state index contributed by atoms with van der Waals surface area (Å²) < 4.78 is 69.2. The van der Waals surface area contributed by atoms with Crippen LogP contribution in [0.2, 0.25) is 5.02 Å². The molecule has 0 saturated heterocycles.